The van der Waals surface area contributed by atoms with Crippen LogP contribution >= 0.6 is 0 Å². The van der Waals surface area contributed by atoms with E-state index in [1.807, 2.05) is 42.5 Å². The third kappa shape index (κ3) is 3.46. The number of allylic oxidation sites excluding steroid dienone is 2. The molecule has 1 unspecified atom stereocenters. The van der Waals surface area contributed by atoms with Crippen LogP contribution in [-0.2, 0) is 25.6 Å². The van der Waals surface area contributed by atoms with Crippen LogP contribution in [0.1, 0.15) is 24.2 Å². The first-order valence-corrected chi connectivity index (χ1v) is 9.59. The van der Waals surface area contributed by atoms with E-state index >= 15 is 0 Å². The Hall–Kier alpha value is -3.28. The zero-order valence-electron chi connectivity index (χ0n) is 16.5. The minimum absolute atomic E-state index is 0.350. The summed E-state index contributed by atoms with van der Waals surface area (Å²) in [5.74, 6) is -0.960. The molecule has 2 aliphatic rings. The Balaban J connectivity index is 1.87. The minimum atomic E-state index is -0.734. The van der Waals surface area contributed by atoms with Gasteiger partial charge in [-0.05, 0) is 36.1 Å². The summed E-state index contributed by atoms with van der Waals surface area (Å²) in [6, 6.07) is 13.8. The lowest BCUT2D eigenvalue weighted by molar-refractivity contribution is -0.147. The largest absolute Gasteiger partial charge is 0.469 e. The van der Waals surface area contributed by atoms with Gasteiger partial charge < -0.3 is 18.8 Å². The van der Waals surface area contributed by atoms with Crippen molar-refractivity contribution in [2.45, 2.75) is 19.4 Å². The molecule has 1 fully saturated rings. The van der Waals surface area contributed by atoms with Crippen molar-refractivity contribution in [1.29, 1.82) is 0 Å². The van der Waals surface area contributed by atoms with Crippen LogP contribution in [0.5, 0.6) is 0 Å². The van der Waals surface area contributed by atoms with Gasteiger partial charge in [-0.3, -0.25) is 4.79 Å². The number of carbonyl (C=O) groups is 2. The number of furan rings is 1. The molecule has 0 N–H and O–H groups in total. The molecular formula is C23H23NO5. The van der Waals surface area contributed by atoms with E-state index in [1.54, 1.807) is 6.26 Å². The summed E-state index contributed by atoms with van der Waals surface area (Å²) in [6.07, 6.45) is 2.74. The van der Waals surface area contributed by atoms with E-state index in [4.69, 9.17) is 13.9 Å². The van der Waals surface area contributed by atoms with Crippen molar-refractivity contribution in [3.8, 4) is 0 Å². The molecular weight excluding hydrogens is 370 g/mol. The molecule has 1 saturated heterocycles. The Morgan fingerprint density at radius 1 is 1.07 bits per heavy atom. The maximum Gasteiger partial charge on any atom is 0.336 e. The number of esters is 2. The number of carbonyl (C=O) groups excluding carboxylic acids is 2. The van der Waals surface area contributed by atoms with E-state index in [-0.39, 0.29) is 0 Å². The average molecular weight is 393 g/mol. The van der Waals surface area contributed by atoms with Crippen LogP contribution in [0, 0.1) is 5.92 Å². The molecule has 2 heterocycles. The lowest BCUT2D eigenvalue weighted by Crippen LogP contribution is -2.32. The molecule has 1 aliphatic carbocycles. The van der Waals surface area contributed by atoms with Crippen molar-refractivity contribution < 1.29 is 23.5 Å². The van der Waals surface area contributed by atoms with Crippen molar-refractivity contribution in [3.05, 3.63) is 76.9 Å². The number of methoxy groups -OCH3 is 2. The van der Waals surface area contributed by atoms with Crippen molar-refractivity contribution >= 4 is 17.5 Å². The zero-order chi connectivity index (χ0) is 20.4. The van der Waals surface area contributed by atoms with Crippen molar-refractivity contribution in [2.24, 2.45) is 5.92 Å². The lowest BCUT2D eigenvalue weighted by Gasteiger charge is -2.30. The molecule has 4 rings (SSSR count). The monoisotopic (exact) mass is 393 g/mol. The summed E-state index contributed by atoms with van der Waals surface area (Å²) < 4.78 is 15.8. The minimum Gasteiger partial charge on any atom is -0.469 e. The summed E-state index contributed by atoms with van der Waals surface area (Å²) in [4.78, 5) is 27.5. The van der Waals surface area contributed by atoms with Gasteiger partial charge in [0.2, 0.25) is 0 Å². The molecule has 0 saturated carbocycles. The number of likely N-dealkylation sites (tertiary alicyclic amines) is 1. The third-order valence-corrected chi connectivity index (χ3v) is 5.54. The predicted molar refractivity (Wildman–Crippen MR) is 106 cm³/mol. The van der Waals surface area contributed by atoms with Gasteiger partial charge in [0.15, 0.2) is 0 Å². The van der Waals surface area contributed by atoms with Gasteiger partial charge in [-0.25, -0.2) is 4.79 Å². The van der Waals surface area contributed by atoms with E-state index in [2.05, 4.69) is 4.90 Å². The van der Waals surface area contributed by atoms with Crippen LogP contribution in [0.25, 0.3) is 5.57 Å². The van der Waals surface area contributed by atoms with Gasteiger partial charge in [0.05, 0.1) is 37.7 Å². The summed E-state index contributed by atoms with van der Waals surface area (Å²) in [5.41, 5.74) is 4.26. The van der Waals surface area contributed by atoms with Crippen molar-refractivity contribution in [2.75, 3.05) is 20.8 Å². The summed E-state index contributed by atoms with van der Waals surface area (Å²) >= 11 is 0. The average Bonchev–Trinajstić information content (AvgIpc) is 3.43. The van der Waals surface area contributed by atoms with E-state index in [0.717, 1.165) is 41.1 Å². The standard InChI is InChI=1S/C23H23NO5/c1-27-22(25)18-13-17(19-9-6-12-29-19)16-10-11-24(14-15-7-4-3-5-8-15)21(16)20(18)23(26)28-2/h3-9,12,18H,10-11,13-14H2,1-2H3. The SMILES string of the molecule is COC(=O)C1=C2C(=C(c3ccco3)CC1C(=O)OC)CCN2Cc1ccccc1. The summed E-state index contributed by atoms with van der Waals surface area (Å²) in [7, 11) is 2.68. The predicted octanol–water partition coefficient (Wildman–Crippen LogP) is 3.56. The Bertz CT molecular complexity index is 972. The normalized spacial score (nSPS) is 18.7. The van der Waals surface area contributed by atoms with Gasteiger partial charge in [-0.2, -0.15) is 0 Å². The van der Waals surface area contributed by atoms with E-state index in [1.165, 1.54) is 14.2 Å². The number of nitrogens with zero attached hydrogens (tertiary/aromatic N) is 1. The van der Waals surface area contributed by atoms with Crippen LogP contribution < -0.4 is 0 Å². The van der Waals surface area contributed by atoms with Gasteiger partial charge in [-0.15, -0.1) is 0 Å². The van der Waals surface area contributed by atoms with E-state index in [9.17, 15) is 9.59 Å². The van der Waals surface area contributed by atoms with Crippen LogP contribution in [0.15, 0.2) is 70.0 Å². The smallest absolute Gasteiger partial charge is 0.336 e. The van der Waals surface area contributed by atoms with Gasteiger partial charge in [0.1, 0.15) is 5.76 Å². The first-order valence-electron chi connectivity index (χ1n) is 9.59. The second-order valence-corrected chi connectivity index (χ2v) is 7.13. The molecule has 2 aromatic rings. The molecule has 1 aliphatic heterocycles. The van der Waals surface area contributed by atoms with E-state index in [0.29, 0.717) is 18.5 Å². The van der Waals surface area contributed by atoms with Crippen molar-refractivity contribution in [3.63, 3.8) is 0 Å². The van der Waals surface area contributed by atoms with Crippen LogP contribution in [-0.4, -0.2) is 37.6 Å². The van der Waals surface area contributed by atoms with Crippen LogP contribution in [0.4, 0.5) is 0 Å². The Kier molecular flexibility index (Phi) is 5.25. The zero-order valence-corrected chi connectivity index (χ0v) is 16.5. The fourth-order valence-corrected chi connectivity index (χ4v) is 4.24. The van der Waals surface area contributed by atoms with Gasteiger partial charge in [0, 0.05) is 18.7 Å². The second-order valence-electron chi connectivity index (χ2n) is 7.13. The maximum absolute atomic E-state index is 12.8. The third-order valence-electron chi connectivity index (χ3n) is 5.54. The first-order chi connectivity index (χ1) is 14.1. The molecule has 0 amide bonds. The molecule has 6 nitrogen and oxygen atoms in total. The Labute approximate surface area is 169 Å². The fourth-order valence-electron chi connectivity index (χ4n) is 4.24. The highest BCUT2D eigenvalue weighted by atomic mass is 16.5. The fraction of sp³-hybridized carbons (Fsp3) is 0.304. The van der Waals surface area contributed by atoms with Gasteiger partial charge in [-0.1, -0.05) is 30.3 Å². The number of hydrogen-bond donors (Lipinski definition) is 0. The highest BCUT2D eigenvalue weighted by molar-refractivity contribution is 6.00. The number of ether oxygens (including phenoxy) is 2. The van der Waals surface area contributed by atoms with Gasteiger partial charge >= 0.3 is 11.9 Å². The molecule has 0 radical (unpaired) electrons. The van der Waals surface area contributed by atoms with Crippen LogP contribution in [0.2, 0.25) is 0 Å². The number of hydrogen-bond acceptors (Lipinski definition) is 6. The molecule has 6 heteroatoms. The Morgan fingerprint density at radius 2 is 1.86 bits per heavy atom. The lowest BCUT2D eigenvalue weighted by atomic mass is 9.80. The quantitative estimate of drug-likeness (QED) is 0.724. The molecule has 1 aromatic heterocycles. The molecule has 1 aromatic carbocycles. The van der Waals surface area contributed by atoms with E-state index < -0.39 is 17.9 Å². The maximum atomic E-state index is 12.8. The number of rotatable bonds is 5. The molecule has 0 bridgehead atoms. The van der Waals surface area contributed by atoms with Crippen LogP contribution in [0.3, 0.4) is 0 Å². The molecule has 0 spiro atoms. The highest BCUT2D eigenvalue weighted by Gasteiger charge is 2.43. The number of benzene rings is 1. The first kappa shape index (κ1) is 19.1. The molecule has 150 valence electrons. The summed E-state index contributed by atoms with van der Waals surface area (Å²) in [6.45, 7) is 1.39. The Morgan fingerprint density at radius 3 is 2.52 bits per heavy atom. The second kappa shape index (κ2) is 7.99. The molecule has 29 heavy (non-hydrogen) atoms. The van der Waals surface area contributed by atoms with Gasteiger partial charge in [0.25, 0.3) is 0 Å². The highest BCUT2D eigenvalue weighted by Crippen LogP contribution is 2.46. The molecule has 1 atom stereocenters. The number of fused-ring (bicyclic) bond motifs is 1. The van der Waals surface area contributed by atoms with Crippen molar-refractivity contribution in [1.82, 2.24) is 4.90 Å². The summed E-state index contributed by atoms with van der Waals surface area (Å²) in [5, 5.41) is 0. The topological polar surface area (TPSA) is 69.0 Å².